The number of aromatic nitrogens is 3. The van der Waals surface area contributed by atoms with Crippen molar-refractivity contribution in [1.82, 2.24) is 25.0 Å². The van der Waals surface area contributed by atoms with Crippen molar-refractivity contribution >= 4 is 11.8 Å². The molecule has 24 heavy (non-hydrogen) atoms. The van der Waals surface area contributed by atoms with Crippen LogP contribution in [0.4, 0.5) is 0 Å². The van der Waals surface area contributed by atoms with Crippen molar-refractivity contribution in [2.75, 3.05) is 13.1 Å². The average Bonchev–Trinajstić information content (AvgIpc) is 3.14. The predicted molar refractivity (Wildman–Crippen MR) is 88.5 cm³/mol. The number of pyridine rings is 1. The Hall–Kier alpha value is -2.70. The first-order chi connectivity index (χ1) is 11.6. The van der Waals surface area contributed by atoms with Crippen LogP contribution in [0.25, 0.3) is 5.82 Å². The molecule has 0 aromatic carbocycles. The molecule has 0 aliphatic carbocycles. The van der Waals surface area contributed by atoms with Gasteiger partial charge in [0.05, 0.1) is 18.8 Å². The summed E-state index contributed by atoms with van der Waals surface area (Å²) in [4.78, 5) is 29.7. The van der Waals surface area contributed by atoms with E-state index in [1.165, 1.54) is 0 Å². The van der Waals surface area contributed by atoms with Crippen molar-refractivity contribution < 1.29 is 9.59 Å². The first kappa shape index (κ1) is 16.2. The van der Waals surface area contributed by atoms with E-state index < -0.39 is 0 Å². The first-order valence-electron chi connectivity index (χ1n) is 8.09. The second-order valence-electron chi connectivity index (χ2n) is 5.99. The summed E-state index contributed by atoms with van der Waals surface area (Å²) >= 11 is 0. The van der Waals surface area contributed by atoms with E-state index in [-0.39, 0.29) is 24.4 Å². The van der Waals surface area contributed by atoms with Crippen molar-refractivity contribution in [3.63, 3.8) is 0 Å². The third kappa shape index (κ3) is 3.29. The van der Waals surface area contributed by atoms with Gasteiger partial charge in [0.15, 0.2) is 5.82 Å². The standard InChI is InChI=1S/C17H21N5O2/c1-12(20-16(23)11-21-9-5-7-17(21)24)14-10-19-22(13(14)2)15-6-3-4-8-18-15/h3-4,6,8,10,12H,5,7,9,11H2,1-2H3,(H,20,23). The second-order valence-corrected chi connectivity index (χ2v) is 5.99. The summed E-state index contributed by atoms with van der Waals surface area (Å²) < 4.78 is 1.75. The SMILES string of the molecule is Cc1c(C(C)NC(=O)CN2CCCC2=O)cnn1-c1ccccn1. The Morgan fingerprint density at radius 1 is 1.42 bits per heavy atom. The molecular weight excluding hydrogens is 306 g/mol. The quantitative estimate of drug-likeness (QED) is 0.899. The van der Waals surface area contributed by atoms with Gasteiger partial charge in [-0.1, -0.05) is 6.07 Å². The summed E-state index contributed by atoms with van der Waals surface area (Å²) in [6.45, 7) is 4.65. The molecular formula is C17H21N5O2. The molecule has 1 saturated heterocycles. The van der Waals surface area contributed by atoms with Crippen molar-refractivity contribution in [3.8, 4) is 5.82 Å². The van der Waals surface area contributed by atoms with Crippen LogP contribution in [0.1, 0.15) is 37.1 Å². The molecule has 126 valence electrons. The van der Waals surface area contributed by atoms with Crippen LogP contribution in [-0.2, 0) is 9.59 Å². The van der Waals surface area contributed by atoms with Crippen LogP contribution >= 0.6 is 0 Å². The number of hydrogen-bond acceptors (Lipinski definition) is 4. The van der Waals surface area contributed by atoms with Crippen LogP contribution in [0.15, 0.2) is 30.6 Å². The fourth-order valence-electron chi connectivity index (χ4n) is 2.97. The molecule has 7 heteroatoms. The van der Waals surface area contributed by atoms with Gasteiger partial charge in [0.2, 0.25) is 11.8 Å². The molecule has 0 radical (unpaired) electrons. The maximum absolute atomic E-state index is 12.2. The molecule has 2 amide bonds. The lowest BCUT2D eigenvalue weighted by atomic mass is 10.1. The highest BCUT2D eigenvalue weighted by Gasteiger charge is 2.23. The van der Waals surface area contributed by atoms with Crippen molar-refractivity contribution in [2.45, 2.75) is 32.7 Å². The zero-order valence-electron chi connectivity index (χ0n) is 13.9. The Morgan fingerprint density at radius 3 is 2.92 bits per heavy atom. The number of amides is 2. The minimum absolute atomic E-state index is 0.0527. The van der Waals surface area contributed by atoms with Crippen molar-refractivity contribution in [1.29, 1.82) is 0 Å². The summed E-state index contributed by atoms with van der Waals surface area (Å²) in [5, 5.41) is 7.31. The minimum atomic E-state index is -0.187. The lowest BCUT2D eigenvalue weighted by molar-refractivity contribution is -0.133. The molecule has 1 unspecified atom stereocenters. The van der Waals surface area contributed by atoms with Crippen LogP contribution in [0.2, 0.25) is 0 Å². The summed E-state index contributed by atoms with van der Waals surface area (Å²) in [7, 11) is 0. The Morgan fingerprint density at radius 2 is 2.25 bits per heavy atom. The van der Waals surface area contributed by atoms with E-state index in [1.807, 2.05) is 32.0 Å². The van der Waals surface area contributed by atoms with Gasteiger partial charge in [-0.3, -0.25) is 9.59 Å². The van der Waals surface area contributed by atoms with Gasteiger partial charge >= 0.3 is 0 Å². The van der Waals surface area contributed by atoms with Crippen molar-refractivity contribution in [3.05, 3.63) is 41.9 Å². The largest absolute Gasteiger partial charge is 0.348 e. The van der Waals surface area contributed by atoms with Gasteiger partial charge in [-0.15, -0.1) is 0 Å². The first-order valence-corrected chi connectivity index (χ1v) is 8.09. The number of nitrogens with zero attached hydrogens (tertiary/aromatic N) is 4. The third-order valence-electron chi connectivity index (χ3n) is 4.26. The topological polar surface area (TPSA) is 80.1 Å². The highest BCUT2D eigenvalue weighted by atomic mass is 16.2. The molecule has 3 heterocycles. The van der Waals surface area contributed by atoms with Crippen molar-refractivity contribution in [2.24, 2.45) is 0 Å². The molecule has 0 saturated carbocycles. The maximum atomic E-state index is 12.2. The Labute approximate surface area is 140 Å². The molecule has 0 spiro atoms. The van der Waals surface area contributed by atoms with E-state index in [9.17, 15) is 9.59 Å². The van der Waals surface area contributed by atoms with Crippen LogP contribution in [0, 0.1) is 6.92 Å². The van der Waals surface area contributed by atoms with Gasteiger partial charge in [-0.25, -0.2) is 9.67 Å². The van der Waals surface area contributed by atoms with E-state index in [0.717, 1.165) is 23.5 Å². The lowest BCUT2D eigenvalue weighted by Gasteiger charge is -2.18. The van der Waals surface area contributed by atoms with Gasteiger partial charge in [0.1, 0.15) is 0 Å². The van der Waals surface area contributed by atoms with E-state index in [1.54, 1.807) is 22.0 Å². The number of carbonyl (C=O) groups excluding carboxylic acids is 2. The highest BCUT2D eigenvalue weighted by Crippen LogP contribution is 2.19. The van der Waals surface area contributed by atoms with Gasteiger partial charge in [-0.05, 0) is 32.4 Å². The van der Waals surface area contributed by atoms with E-state index in [2.05, 4.69) is 15.4 Å². The zero-order chi connectivity index (χ0) is 17.1. The predicted octanol–water partition coefficient (Wildman–Crippen LogP) is 1.38. The molecule has 1 N–H and O–H groups in total. The molecule has 1 aliphatic heterocycles. The molecule has 1 aliphatic rings. The Kier molecular flexibility index (Phi) is 4.59. The second kappa shape index (κ2) is 6.82. The number of rotatable bonds is 5. The fourth-order valence-corrected chi connectivity index (χ4v) is 2.97. The molecule has 7 nitrogen and oxygen atoms in total. The normalized spacial score (nSPS) is 15.6. The van der Waals surface area contributed by atoms with E-state index in [0.29, 0.717) is 13.0 Å². The molecule has 2 aromatic heterocycles. The zero-order valence-corrected chi connectivity index (χ0v) is 13.9. The van der Waals surface area contributed by atoms with Gasteiger partial charge < -0.3 is 10.2 Å². The van der Waals surface area contributed by atoms with Crippen LogP contribution < -0.4 is 5.32 Å². The minimum Gasteiger partial charge on any atom is -0.348 e. The Bertz CT molecular complexity index is 741. The van der Waals surface area contributed by atoms with Gasteiger partial charge in [-0.2, -0.15) is 5.10 Å². The summed E-state index contributed by atoms with van der Waals surface area (Å²) in [6, 6.07) is 5.45. The maximum Gasteiger partial charge on any atom is 0.240 e. The number of likely N-dealkylation sites (tertiary alicyclic amines) is 1. The smallest absolute Gasteiger partial charge is 0.240 e. The summed E-state index contributed by atoms with van der Waals surface area (Å²) in [5.41, 5.74) is 1.86. The number of hydrogen-bond donors (Lipinski definition) is 1. The van der Waals surface area contributed by atoms with Crippen LogP contribution in [0.5, 0.6) is 0 Å². The number of nitrogens with one attached hydrogen (secondary N) is 1. The Balaban J connectivity index is 1.67. The van der Waals surface area contributed by atoms with Crippen LogP contribution in [0.3, 0.4) is 0 Å². The molecule has 3 rings (SSSR count). The summed E-state index contributed by atoms with van der Waals surface area (Å²) in [5.74, 6) is 0.641. The van der Waals surface area contributed by atoms with Gasteiger partial charge in [0.25, 0.3) is 0 Å². The molecule has 2 aromatic rings. The van der Waals surface area contributed by atoms with Gasteiger partial charge in [0, 0.05) is 30.4 Å². The summed E-state index contributed by atoms with van der Waals surface area (Å²) in [6.07, 6.45) is 4.83. The monoisotopic (exact) mass is 327 g/mol. The third-order valence-corrected chi connectivity index (χ3v) is 4.26. The lowest BCUT2D eigenvalue weighted by Crippen LogP contribution is -2.38. The van der Waals surface area contributed by atoms with Crippen LogP contribution in [-0.4, -0.2) is 44.6 Å². The van der Waals surface area contributed by atoms with E-state index in [4.69, 9.17) is 0 Å². The molecule has 1 fully saturated rings. The number of carbonyl (C=O) groups is 2. The highest BCUT2D eigenvalue weighted by molar-refractivity contribution is 5.86. The fraction of sp³-hybridized carbons (Fsp3) is 0.412. The van der Waals surface area contributed by atoms with E-state index >= 15 is 0 Å². The molecule has 1 atom stereocenters. The molecule has 0 bridgehead atoms. The average molecular weight is 327 g/mol.